The van der Waals surface area contributed by atoms with E-state index < -0.39 is 0 Å². The molecule has 0 radical (unpaired) electrons. The molecule has 4 nitrogen and oxygen atoms in total. The first-order valence-corrected chi connectivity index (χ1v) is 10.4. The lowest BCUT2D eigenvalue weighted by Crippen LogP contribution is -2.31. The van der Waals surface area contributed by atoms with Gasteiger partial charge in [-0.25, -0.2) is 0 Å². The van der Waals surface area contributed by atoms with E-state index in [1.165, 1.54) is 0 Å². The predicted molar refractivity (Wildman–Crippen MR) is 128 cm³/mol. The monoisotopic (exact) mass is 458 g/mol. The van der Waals surface area contributed by atoms with Crippen molar-refractivity contribution in [3.63, 3.8) is 0 Å². The Bertz CT molecular complexity index is 939. The predicted octanol–water partition coefficient (Wildman–Crippen LogP) is 6.58. The minimum Gasteiger partial charge on any atom is -0.272 e. The summed E-state index contributed by atoms with van der Waals surface area (Å²) in [6, 6.07) is 22.7. The third-order valence-electron chi connectivity index (χ3n) is 4.39. The van der Waals surface area contributed by atoms with Crippen LogP contribution in [0.25, 0.3) is 0 Å². The molecule has 0 aliphatic rings. The van der Waals surface area contributed by atoms with Crippen molar-refractivity contribution in [2.75, 3.05) is 14.1 Å². The summed E-state index contributed by atoms with van der Waals surface area (Å²) in [6.45, 7) is 0. The molecule has 0 N–H and O–H groups in total. The third kappa shape index (κ3) is 6.23. The molecule has 30 heavy (non-hydrogen) atoms. The van der Waals surface area contributed by atoms with E-state index in [9.17, 15) is 0 Å². The maximum atomic E-state index is 6.08. The summed E-state index contributed by atoms with van der Waals surface area (Å²) in [5.74, 6) is 0. The molecule has 0 heterocycles. The molecule has 0 aliphatic heterocycles. The molecular weight excluding hydrogens is 439 g/mol. The summed E-state index contributed by atoms with van der Waals surface area (Å²) < 4.78 is 0. The lowest BCUT2D eigenvalue weighted by atomic mass is 10.1. The number of rotatable bonds is 7. The smallest absolute Gasteiger partial charge is 0.159 e. The molecule has 0 aliphatic carbocycles. The summed E-state index contributed by atoms with van der Waals surface area (Å²) in [6.07, 6.45) is 3.33. The Morgan fingerprint density at radius 1 is 0.600 bits per heavy atom. The minimum absolute atomic E-state index is 0.241. The van der Waals surface area contributed by atoms with E-state index >= 15 is 0 Å². The number of hydrogen-bond donors (Lipinski definition) is 0. The van der Waals surface area contributed by atoms with Gasteiger partial charge in [-0.15, -0.1) is 0 Å². The van der Waals surface area contributed by atoms with Crippen LogP contribution in [0.5, 0.6) is 0 Å². The summed E-state index contributed by atoms with van der Waals surface area (Å²) in [4.78, 5) is 0. The van der Waals surface area contributed by atoms with Crippen molar-refractivity contribution in [3.8, 4) is 0 Å². The zero-order chi connectivity index (χ0) is 21.5. The Kier molecular flexibility index (Phi) is 7.75. The molecular formula is C23H21Cl3N4. The van der Waals surface area contributed by atoms with Crippen molar-refractivity contribution in [3.05, 3.63) is 105 Å². The van der Waals surface area contributed by atoms with E-state index in [4.69, 9.17) is 34.8 Å². The van der Waals surface area contributed by atoms with Gasteiger partial charge >= 0.3 is 0 Å². The van der Waals surface area contributed by atoms with E-state index in [1.54, 1.807) is 12.4 Å². The van der Waals surface area contributed by atoms with Gasteiger partial charge in [-0.05, 0) is 53.1 Å². The molecule has 154 valence electrons. The first-order chi connectivity index (χ1) is 14.4. The lowest BCUT2D eigenvalue weighted by molar-refractivity contribution is 0.0897. The molecule has 1 unspecified atom stereocenters. The maximum Gasteiger partial charge on any atom is 0.159 e. The molecule has 1 atom stereocenters. The molecule has 0 saturated heterocycles. The van der Waals surface area contributed by atoms with Gasteiger partial charge in [-0.1, -0.05) is 71.2 Å². The zero-order valence-corrected chi connectivity index (χ0v) is 18.9. The van der Waals surface area contributed by atoms with Crippen molar-refractivity contribution >= 4 is 47.2 Å². The summed E-state index contributed by atoms with van der Waals surface area (Å²) in [7, 11) is 3.81. The Labute approximate surface area is 192 Å². The average molecular weight is 460 g/mol. The number of hydrogen-bond acceptors (Lipinski definition) is 4. The van der Waals surface area contributed by atoms with Crippen molar-refractivity contribution in [2.24, 2.45) is 10.2 Å². The number of halogens is 3. The Balaban J connectivity index is 1.84. The fourth-order valence-electron chi connectivity index (χ4n) is 2.85. The van der Waals surface area contributed by atoms with Crippen LogP contribution in [0.2, 0.25) is 15.1 Å². The van der Waals surface area contributed by atoms with Gasteiger partial charge in [0.05, 0.1) is 12.4 Å². The van der Waals surface area contributed by atoms with Gasteiger partial charge in [0.25, 0.3) is 0 Å². The van der Waals surface area contributed by atoms with Gasteiger partial charge in [0.15, 0.2) is 6.17 Å². The van der Waals surface area contributed by atoms with Gasteiger partial charge in [-0.3, -0.25) is 10.0 Å². The zero-order valence-electron chi connectivity index (χ0n) is 16.6. The lowest BCUT2D eigenvalue weighted by Gasteiger charge is -2.32. The normalized spacial score (nSPS) is 12.4. The van der Waals surface area contributed by atoms with Crippen LogP contribution in [0.15, 0.2) is 83.0 Å². The second kappa shape index (κ2) is 10.5. The quantitative estimate of drug-likeness (QED) is 0.227. The standard InChI is InChI=1S/C23H21Cl3N4/c1-29(27-15-17-3-9-20(24)10-4-17)23(19-7-13-22(26)14-8-19)30(2)28-16-18-5-11-21(25)12-6-18/h3-16,23H,1-2H3/b27-15-,28-16+. The van der Waals surface area contributed by atoms with Crippen LogP contribution in [-0.2, 0) is 0 Å². The SMILES string of the molecule is CN(/N=C\c1ccc(Cl)cc1)C(c1ccc(Cl)cc1)N(C)/N=C/c1ccc(Cl)cc1. The fraction of sp³-hybridized carbons (Fsp3) is 0.130. The highest BCUT2D eigenvalue weighted by Gasteiger charge is 2.20. The topological polar surface area (TPSA) is 31.2 Å². The maximum absolute atomic E-state index is 6.08. The van der Waals surface area contributed by atoms with Gasteiger partial charge in [0, 0.05) is 29.2 Å². The molecule has 3 rings (SSSR count). The molecule has 0 amide bonds. The van der Waals surface area contributed by atoms with E-state index in [0.717, 1.165) is 16.7 Å². The highest BCUT2D eigenvalue weighted by molar-refractivity contribution is 6.31. The minimum atomic E-state index is -0.241. The average Bonchev–Trinajstić information content (AvgIpc) is 2.74. The first-order valence-electron chi connectivity index (χ1n) is 9.22. The molecule has 0 spiro atoms. The molecule has 0 fully saturated rings. The van der Waals surface area contributed by atoms with Crippen LogP contribution < -0.4 is 0 Å². The highest BCUT2D eigenvalue weighted by Crippen LogP contribution is 2.25. The first kappa shape index (κ1) is 22.2. The molecule has 3 aromatic rings. The fourth-order valence-corrected chi connectivity index (χ4v) is 3.23. The van der Waals surface area contributed by atoms with Crippen molar-refractivity contribution < 1.29 is 0 Å². The van der Waals surface area contributed by atoms with E-state index in [1.807, 2.05) is 96.9 Å². The Morgan fingerprint density at radius 2 is 0.933 bits per heavy atom. The van der Waals surface area contributed by atoms with Crippen LogP contribution in [0.1, 0.15) is 22.9 Å². The van der Waals surface area contributed by atoms with Crippen molar-refractivity contribution in [2.45, 2.75) is 6.17 Å². The van der Waals surface area contributed by atoms with E-state index in [2.05, 4.69) is 10.2 Å². The van der Waals surface area contributed by atoms with E-state index in [-0.39, 0.29) is 6.17 Å². The number of benzene rings is 3. The summed E-state index contributed by atoms with van der Waals surface area (Å²) >= 11 is 18.0. The summed E-state index contributed by atoms with van der Waals surface area (Å²) in [5.41, 5.74) is 2.91. The summed E-state index contributed by atoms with van der Waals surface area (Å²) in [5, 5.41) is 15.0. The third-order valence-corrected chi connectivity index (χ3v) is 5.15. The van der Waals surface area contributed by atoms with Crippen LogP contribution >= 0.6 is 34.8 Å². The largest absolute Gasteiger partial charge is 0.272 e. The van der Waals surface area contributed by atoms with E-state index in [0.29, 0.717) is 15.1 Å². The van der Waals surface area contributed by atoms with Crippen LogP contribution in [0.4, 0.5) is 0 Å². The number of hydrazone groups is 2. The highest BCUT2D eigenvalue weighted by atomic mass is 35.5. The molecule has 0 aromatic heterocycles. The molecule has 0 bridgehead atoms. The van der Waals surface area contributed by atoms with Crippen LogP contribution in [-0.4, -0.2) is 36.5 Å². The second-order valence-electron chi connectivity index (χ2n) is 6.66. The van der Waals surface area contributed by atoms with Gasteiger partial charge < -0.3 is 0 Å². The molecule has 7 heteroatoms. The van der Waals surface area contributed by atoms with Crippen LogP contribution in [0.3, 0.4) is 0 Å². The molecule has 3 aromatic carbocycles. The van der Waals surface area contributed by atoms with Crippen LogP contribution in [0, 0.1) is 0 Å². The number of nitrogens with zero attached hydrogens (tertiary/aromatic N) is 4. The van der Waals surface area contributed by atoms with Gasteiger partial charge in [0.1, 0.15) is 0 Å². The Hall–Kier alpha value is -2.53. The van der Waals surface area contributed by atoms with Gasteiger partial charge in [0.2, 0.25) is 0 Å². The molecule has 0 saturated carbocycles. The second-order valence-corrected chi connectivity index (χ2v) is 7.97. The van der Waals surface area contributed by atoms with Gasteiger partial charge in [-0.2, -0.15) is 10.2 Å². The van der Waals surface area contributed by atoms with Crippen molar-refractivity contribution in [1.29, 1.82) is 0 Å². The van der Waals surface area contributed by atoms with Crippen molar-refractivity contribution in [1.82, 2.24) is 10.0 Å². The Morgan fingerprint density at radius 3 is 1.30 bits per heavy atom.